The van der Waals surface area contributed by atoms with Crippen molar-refractivity contribution in [3.63, 3.8) is 0 Å². The number of aryl methyl sites for hydroxylation is 1. The molecule has 0 bridgehead atoms. The standard InChI is InChI=1S/C28H35N5O3S2/c1-5-17-33-25(19-13-15-20(16-14-19)32(6-2)7-3)30-31-28(33)37-18-23(34)29-26-24(27(35)36-8-4)21-11-9-10-12-22(21)38-26/h5,13-16H,1,6-12,17-18H2,2-4H3,(H,29,34). The van der Waals surface area contributed by atoms with Crippen molar-refractivity contribution in [1.29, 1.82) is 0 Å². The lowest BCUT2D eigenvalue weighted by atomic mass is 9.95. The van der Waals surface area contributed by atoms with Crippen LogP contribution in [0.1, 0.15) is 54.4 Å². The number of carbonyl (C=O) groups is 2. The Hall–Kier alpha value is -3.11. The average Bonchev–Trinajstić information content (AvgIpc) is 3.49. The van der Waals surface area contributed by atoms with Gasteiger partial charge in [0.25, 0.3) is 0 Å². The third-order valence-corrected chi connectivity index (χ3v) is 8.69. The predicted octanol–water partition coefficient (Wildman–Crippen LogP) is 5.83. The van der Waals surface area contributed by atoms with E-state index in [-0.39, 0.29) is 17.6 Å². The van der Waals surface area contributed by atoms with Gasteiger partial charge < -0.3 is 15.0 Å². The van der Waals surface area contributed by atoms with E-state index in [2.05, 4.69) is 53.0 Å². The van der Waals surface area contributed by atoms with Gasteiger partial charge in [0.15, 0.2) is 11.0 Å². The molecule has 3 aromatic rings. The first-order valence-electron chi connectivity index (χ1n) is 13.1. The second-order valence-corrected chi connectivity index (χ2v) is 10.9. The minimum absolute atomic E-state index is 0.140. The van der Waals surface area contributed by atoms with Crippen molar-refractivity contribution in [2.24, 2.45) is 0 Å². The second kappa shape index (κ2) is 13.1. The van der Waals surface area contributed by atoms with E-state index in [9.17, 15) is 9.59 Å². The zero-order chi connectivity index (χ0) is 27.1. The summed E-state index contributed by atoms with van der Waals surface area (Å²) in [6.07, 6.45) is 5.70. The van der Waals surface area contributed by atoms with Crippen LogP contribution in [0.15, 0.2) is 42.1 Å². The summed E-state index contributed by atoms with van der Waals surface area (Å²) in [7, 11) is 0. The van der Waals surface area contributed by atoms with Crippen molar-refractivity contribution >= 4 is 45.7 Å². The Balaban J connectivity index is 1.48. The summed E-state index contributed by atoms with van der Waals surface area (Å²) in [5.41, 5.74) is 3.67. The molecule has 0 unspecified atom stereocenters. The van der Waals surface area contributed by atoms with Gasteiger partial charge in [0.05, 0.1) is 17.9 Å². The number of thioether (sulfide) groups is 1. The average molecular weight is 554 g/mol. The number of benzene rings is 1. The highest BCUT2D eigenvalue weighted by Crippen LogP contribution is 2.39. The smallest absolute Gasteiger partial charge is 0.341 e. The van der Waals surface area contributed by atoms with Gasteiger partial charge in [0.2, 0.25) is 5.91 Å². The second-order valence-electron chi connectivity index (χ2n) is 8.90. The first-order valence-corrected chi connectivity index (χ1v) is 14.9. The highest BCUT2D eigenvalue weighted by atomic mass is 32.2. The summed E-state index contributed by atoms with van der Waals surface area (Å²) < 4.78 is 7.27. The van der Waals surface area contributed by atoms with Gasteiger partial charge in [0, 0.05) is 35.8 Å². The number of nitrogens with one attached hydrogen (secondary N) is 1. The number of thiophene rings is 1. The number of hydrogen-bond donors (Lipinski definition) is 1. The van der Waals surface area contributed by atoms with Gasteiger partial charge >= 0.3 is 5.97 Å². The number of esters is 1. The number of nitrogens with zero attached hydrogens (tertiary/aromatic N) is 4. The van der Waals surface area contributed by atoms with Crippen molar-refractivity contribution in [1.82, 2.24) is 14.8 Å². The number of fused-ring (bicyclic) bond motifs is 1. The monoisotopic (exact) mass is 553 g/mol. The number of ether oxygens (including phenoxy) is 1. The van der Waals surface area contributed by atoms with E-state index in [4.69, 9.17) is 4.74 Å². The summed E-state index contributed by atoms with van der Waals surface area (Å²) in [6.45, 7) is 12.7. The van der Waals surface area contributed by atoms with E-state index in [1.165, 1.54) is 28.0 Å². The molecule has 10 heteroatoms. The number of carbonyl (C=O) groups excluding carboxylic acids is 2. The minimum atomic E-state index is -0.364. The van der Waals surface area contributed by atoms with Crippen molar-refractivity contribution < 1.29 is 14.3 Å². The predicted molar refractivity (Wildman–Crippen MR) is 155 cm³/mol. The fraction of sp³-hybridized carbons (Fsp3) is 0.429. The van der Waals surface area contributed by atoms with E-state index in [0.717, 1.165) is 61.4 Å². The lowest BCUT2D eigenvalue weighted by Gasteiger charge is -2.21. The Morgan fingerprint density at radius 1 is 1.16 bits per heavy atom. The molecule has 1 aliphatic rings. The van der Waals surface area contributed by atoms with Gasteiger partial charge in [-0.25, -0.2) is 4.79 Å². The Kier molecular flexibility index (Phi) is 9.63. The van der Waals surface area contributed by atoms with Crippen LogP contribution in [0, 0.1) is 0 Å². The van der Waals surface area contributed by atoms with Crippen LogP contribution in [0.4, 0.5) is 10.7 Å². The molecule has 2 heterocycles. The number of allylic oxidation sites excluding steroid dienone is 1. The van der Waals surface area contributed by atoms with E-state index >= 15 is 0 Å². The largest absolute Gasteiger partial charge is 0.462 e. The minimum Gasteiger partial charge on any atom is -0.462 e. The molecule has 1 amide bonds. The molecule has 0 spiro atoms. The molecule has 0 atom stereocenters. The first kappa shape index (κ1) is 27.9. The van der Waals surface area contributed by atoms with Gasteiger partial charge in [-0.1, -0.05) is 17.8 Å². The molecule has 1 N–H and O–H groups in total. The number of aromatic nitrogens is 3. The molecule has 2 aromatic heterocycles. The van der Waals surface area contributed by atoms with Gasteiger partial charge in [-0.15, -0.1) is 28.1 Å². The van der Waals surface area contributed by atoms with Crippen LogP contribution in [-0.4, -0.2) is 52.1 Å². The van der Waals surface area contributed by atoms with E-state index in [0.29, 0.717) is 28.9 Å². The van der Waals surface area contributed by atoms with Crippen LogP contribution in [0.2, 0.25) is 0 Å². The first-order chi connectivity index (χ1) is 18.5. The number of rotatable bonds is 12. The maximum atomic E-state index is 13.0. The molecule has 0 aliphatic heterocycles. The zero-order valence-electron chi connectivity index (χ0n) is 22.3. The number of anilines is 2. The van der Waals surface area contributed by atoms with Crippen molar-refractivity contribution in [2.75, 3.05) is 35.7 Å². The van der Waals surface area contributed by atoms with Gasteiger partial charge in [-0.3, -0.25) is 9.36 Å². The SMILES string of the molecule is C=CCn1c(SCC(=O)Nc2sc3c(c2C(=O)OCC)CCCC3)nnc1-c1ccc(N(CC)CC)cc1. The van der Waals surface area contributed by atoms with E-state index in [1.807, 2.05) is 16.7 Å². The van der Waals surface area contributed by atoms with Crippen LogP contribution >= 0.6 is 23.1 Å². The Morgan fingerprint density at radius 2 is 1.89 bits per heavy atom. The zero-order valence-corrected chi connectivity index (χ0v) is 23.9. The fourth-order valence-corrected chi connectivity index (χ4v) is 6.72. The maximum absolute atomic E-state index is 13.0. The van der Waals surface area contributed by atoms with E-state index in [1.54, 1.807) is 13.0 Å². The Labute approximate surface area is 232 Å². The quantitative estimate of drug-likeness (QED) is 0.172. The molecule has 1 aliphatic carbocycles. The molecule has 4 rings (SSSR count). The molecule has 8 nitrogen and oxygen atoms in total. The van der Waals surface area contributed by atoms with Gasteiger partial charge in [-0.2, -0.15) is 0 Å². The van der Waals surface area contributed by atoms with Crippen LogP contribution in [0.3, 0.4) is 0 Å². The Bertz CT molecular complexity index is 1280. The third-order valence-electron chi connectivity index (χ3n) is 6.52. The molecule has 0 saturated heterocycles. The highest BCUT2D eigenvalue weighted by molar-refractivity contribution is 7.99. The van der Waals surface area contributed by atoms with Crippen molar-refractivity contribution in [3.05, 3.63) is 52.9 Å². The van der Waals surface area contributed by atoms with Crippen LogP contribution in [0.25, 0.3) is 11.4 Å². The molecule has 0 radical (unpaired) electrons. The van der Waals surface area contributed by atoms with Gasteiger partial charge in [-0.05, 0) is 76.3 Å². The summed E-state index contributed by atoms with van der Waals surface area (Å²) >= 11 is 2.81. The molecular formula is C28H35N5O3S2. The summed E-state index contributed by atoms with van der Waals surface area (Å²) in [5.74, 6) is 0.310. The molecule has 202 valence electrons. The summed E-state index contributed by atoms with van der Waals surface area (Å²) in [5, 5.41) is 13.0. The van der Waals surface area contributed by atoms with Crippen molar-refractivity contribution in [2.45, 2.75) is 58.2 Å². The van der Waals surface area contributed by atoms with Crippen LogP contribution < -0.4 is 10.2 Å². The highest BCUT2D eigenvalue weighted by Gasteiger charge is 2.27. The fourth-order valence-electron chi connectivity index (χ4n) is 4.68. The van der Waals surface area contributed by atoms with Crippen molar-refractivity contribution in [3.8, 4) is 11.4 Å². The summed E-state index contributed by atoms with van der Waals surface area (Å²) in [4.78, 5) is 29.1. The third kappa shape index (κ3) is 6.13. The number of hydrogen-bond acceptors (Lipinski definition) is 8. The number of amides is 1. The van der Waals surface area contributed by atoms with Gasteiger partial charge in [0.1, 0.15) is 5.00 Å². The maximum Gasteiger partial charge on any atom is 0.341 e. The molecule has 0 saturated carbocycles. The normalized spacial score (nSPS) is 12.6. The molecule has 38 heavy (non-hydrogen) atoms. The van der Waals surface area contributed by atoms with Crippen LogP contribution in [0.5, 0.6) is 0 Å². The lowest BCUT2D eigenvalue weighted by Crippen LogP contribution is -2.21. The lowest BCUT2D eigenvalue weighted by molar-refractivity contribution is -0.113. The van der Waals surface area contributed by atoms with E-state index < -0.39 is 0 Å². The molecule has 0 fully saturated rings. The Morgan fingerprint density at radius 3 is 2.58 bits per heavy atom. The summed E-state index contributed by atoms with van der Waals surface area (Å²) in [6, 6.07) is 8.29. The molecule has 1 aromatic carbocycles. The van der Waals surface area contributed by atoms with Crippen LogP contribution in [-0.2, 0) is 28.9 Å². The molecular weight excluding hydrogens is 518 g/mol. The topological polar surface area (TPSA) is 89.3 Å².